The van der Waals surface area contributed by atoms with E-state index in [0.29, 0.717) is 0 Å². The molecule has 0 saturated heterocycles. The lowest BCUT2D eigenvalue weighted by molar-refractivity contribution is 0.157. The largest absolute Gasteiger partial charge is 0.392 e. The Morgan fingerprint density at radius 1 is 1.00 bits per heavy atom. The molecule has 0 bridgehead atoms. The number of hydrogen-bond donors (Lipinski definition) is 0. The van der Waals surface area contributed by atoms with Gasteiger partial charge in [0.1, 0.15) is 13.3 Å². The highest BCUT2D eigenvalue weighted by Crippen LogP contribution is 2.05. The third-order valence-electron chi connectivity index (χ3n) is 1.05. The summed E-state index contributed by atoms with van der Waals surface area (Å²) in [5, 5.41) is 0. The van der Waals surface area contributed by atoms with E-state index in [2.05, 4.69) is 0 Å². The zero-order chi connectivity index (χ0) is 8.74. The predicted molar refractivity (Wildman–Crippen MR) is 41.3 cm³/mol. The van der Waals surface area contributed by atoms with E-state index >= 15 is 0 Å². The van der Waals surface area contributed by atoms with Crippen molar-refractivity contribution < 1.29 is 17.6 Å². The Hall–Kier alpha value is -0.00312. The van der Waals surface area contributed by atoms with Crippen LogP contribution < -0.4 is 0 Å². The number of alkyl halides is 2. The Morgan fingerprint density at radius 2 is 1.36 bits per heavy atom. The Kier molecular flexibility index (Phi) is 5.62. The van der Waals surface area contributed by atoms with Gasteiger partial charge in [-0.2, -0.15) is 0 Å². The molecule has 0 aromatic heterocycles. The smallest absolute Gasteiger partial charge is 0.331 e. The predicted octanol–water partition coefficient (Wildman–Crippen LogP) is 1.66. The van der Waals surface area contributed by atoms with E-state index in [1.807, 2.05) is 0 Å². The van der Waals surface area contributed by atoms with E-state index in [1.54, 1.807) is 13.1 Å². The summed E-state index contributed by atoms with van der Waals surface area (Å²) in [6, 6.07) is 0. The third-order valence-corrected chi connectivity index (χ3v) is 2.85. The van der Waals surface area contributed by atoms with Crippen LogP contribution in [0.4, 0.5) is 8.78 Å². The zero-order valence-corrected chi connectivity index (χ0v) is 7.90. The quantitative estimate of drug-likeness (QED) is 0.584. The molecule has 68 valence electrons. The van der Waals surface area contributed by atoms with Crippen molar-refractivity contribution in [2.75, 3.05) is 26.6 Å². The van der Waals surface area contributed by atoms with Crippen LogP contribution in [0.5, 0.6) is 0 Å². The van der Waals surface area contributed by atoms with Gasteiger partial charge in [0.15, 0.2) is 0 Å². The summed E-state index contributed by atoms with van der Waals surface area (Å²) in [5.74, 6) is 0. The lowest BCUT2D eigenvalue weighted by Crippen LogP contribution is -2.36. The zero-order valence-electron chi connectivity index (χ0n) is 6.90. The minimum atomic E-state index is -2.23. The molecule has 11 heavy (non-hydrogen) atoms. The second-order valence-corrected chi connectivity index (χ2v) is 5.85. The minimum Gasteiger partial charge on any atom is -0.392 e. The van der Waals surface area contributed by atoms with Crippen molar-refractivity contribution in [2.45, 2.75) is 13.1 Å². The van der Waals surface area contributed by atoms with Gasteiger partial charge in [0, 0.05) is 0 Å². The molecule has 0 unspecified atom stereocenters. The minimum absolute atomic E-state index is 0.0471. The van der Waals surface area contributed by atoms with Gasteiger partial charge < -0.3 is 8.85 Å². The Labute approximate surface area is 66.7 Å². The maximum Gasteiger partial charge on any atom is 0.331 e. The molecule has 0 amide bonds. The number of rotatable bonds is 6. The van der Waals surface area contributed by atoms with Gasteiger partial charge in [-0.25, -0.2) is 8.78 Å². The lowest BCUT2D eigenvalue weighted by atomic mass is 10.8. The van der Waals surface area contributed by atoms with Gasteiger partial charge >= 0.3 is 8.56 Å². The first-order chi connectivity index (χ1) is 5.12. The van der Waals surface area contributed by atoms with Gasteiger partial charge in [-0.3, -0.25) is 0 Å². The fourth-order valence-electron chi connectivity index (χ4n) is 0.610. The summed E-state index contributed by atoms with van der Waals surface area (Å²) in [5.41, 5.74) is 0. The van der Waals surface area contributed by atoms with E-state index in [9.17, 15) is 8.78 Å². The van der Waals surface area contributed by atoms with Crippen LogP contribution in [0.3, 0.4) is 0 Å². The van der Waals surface area contributed by atoms with Crippen molar-refractivity contribution in [3.63, 3.8) is 0 Å². The molecule has 0 heterocycles. The fourth-order valence-corrected chi connectivity index (χ4v) is 1.83. The molecule has 0 aliphatic carbocycles. The molecule has 0 saturated carbocycles. The van der Waals surface area contributed by atoms with Gasteiger partial charge in [0.2, 0.25) is 0 Å². The average Bonchev–Trinajstić information content (AvgIpc) is 1.97. The molecule has 0 spiro atoms. The molecule has 2 nitrogen and oxygen atoms in total. The Morgan fingerprint density at radius 3 is 1.64 bits per heavy atom. The second-order valence-electron chi connectivity index (χ2n) is 2.47. The summed E-state index contributed by atoms with van der Waals surface area (Å²) >= 11 is 0. The molecule has 0 rings (SSSR count). The molecular weight excluding hydrogens is 170 g/mol. The standard InChI is InChI=1S/C6H14F2O2Si/c1-11(2,9-5-3-7)10-6-4-8/h3-6H2,1-2H3. The molecule has 0 radical (unpaired) electrons. The molecule has 0 N–H and O–H groups in total. The Balaban J connectivity index is 3.43. The highest BCUT2D eigenvalue weighted by atomic mass is 28.4. The number of hydrogen-bond acceptors (Lipinski definition) is 2. The van der Waals surface area contributed by atoms with Crippen LogP contribution in [-0.2, 0) is 8.85 Å². The Bertz CT molecular complexity index is 90.6. The van der Waals surface area contributed by atoms with Crippen molar-refractivity contribution in [2.24, 2.45) is 0 Å². The van der Waals surface area contributed by atoms with E-state index in [1.165, 1.54) is 0 Å². The van der Waals surface area contributed by atoms with Crippen molar-refractivity contribution in [1.29, 1.82) is 0 Å². The molecule has 0 aliphatic heterocycles. The highest BCUT2D eigenvalue weighted by molar-refractivity contribution is 6.64. The molecule has 5 heteroatoms. The summed E-state index contributed by atoms with van der Waals surface area (Å²) in [6.45, 7) is 2.58. The van der Waals surface area contributed by atoms with E-state index in [0.717, 1.165) is 0 Å². The molecule has 0 aliphatic rings. The van der Waals surface area contributed by atoms with E-state index in [4.69, 9.17) is 8.85 Å². The normalized spacial score (nSPS) is 12.0. The maximum absolute atomic E-state index is 11.6. The maximum atomic E-state index is 11.6. The fraction of sp³-hybridized carbons (Fsp3) is 1.00. The molecule has 0 aromatic carbocycles. The first-order valence-corrected chi connectivity index (χ1v) is 6.34. The average molecular weight is 184 g/mol. The van der Waals surface area contributed by atoms with Crippen LogP contribution in [0.25, 0.3) is 0 Å². The van der Waals surface area contributed by atoms with Crippen LogP contribution in [0, 0.1) is 0 Å². The first kappa shape index (κ1) is 11.0. The summed E-state index contributed by atoms with van der Waals surface area (Å²) in [6.07, 6.45) is 0. The van der Waals surface area contributed by atoms with Crippen LogP contribution in [0.15, 0.2) is 0 Å². The van der Waals surface area contributed by atoms with Crippen molar-refractivity contribution in [3.05, 3.63) is 0 Å². The van der Waals surface area contributed by atoms with E-state index < -0.39 is 21.9 Å². The topological polar surface area (TPSA) is 18.5 Å². The second kappa shape index (κ2) is 5.62. The van der Waals surface area contributed by atoms with Crippen molar-refractivity contribution in [1.82, 2.24) is 0 Å². The monoisotopic (exact) mass is 184 g/mol. The molecule has 0 fully saturated rings. The van der Waals surface area contributed by atoms with Crippen molar-refractivity contribution >= 4 is 8.56 Å². The van der Waals surface area contributed by atoms with Crippen LogP contribution in [0.2, 0.25) is 13.1 Å². The molecular formula is C6H14F2O2Si. The van der Waals surface area contributed by atoms with Crippen LogP contribution >= 0.6 is 0 Å². The lowest BCUT2D eigenvalue weighted by Gasteiger charge is -2.21. The number of halogens is 2. The van der Waals surface area contributed by atoms with Gasteiger partial charge in [-0.15, -0.1) is 0 Å². The molecule has 0 aromatic rings. The van der Waals surface area contributed by atoms with Crippen molar-refractivity contribution in [3.8, 4) is 0 Å². The third kappa shape index (κ3) is 6.40. The summed E-state index contributed by atoms with van der Waals surface area (Å²) < 4.78 is 33.3. The van der Waals surface area contributed by atoms with Crippen LogP contribution in [0.1, 0.15) is 0 Å². The highest BCUT2D eigenvalue weighted by Gasteiger charge is 2.23. The van der Waals surface area contributed by atoms with Gasteiger partial charge in [0.05, 0.1) is 13.2 Å². The van der Waals surface area contributed by atoms with Crippen LogP contribution in [-0.4, -0.2) is 35.1 Å². The van der Waals surface area contributed by atoms with E-state index in [-0.39, 0.29) is 13.2 Å². The summed E-state index contributed by atoms with van der Waals surface area (Å²) in [4.78, 5) is 0. The van der Waals surface area contributed by atoms with Gasteiger partial charge in [0.25, 0.3) is 0 Å². The molecule has 0 atom stereocenters. The van der Waals surface area contributed by atoms with Gasteiger partial charge in [-0.1, -0.05) is 0 Å². The summed E-state index contributed by atoms with van der Waals surface area (Å²) in [7, 11) is -2.23. The first-order valence-electron chi connectivity index (χ1n) is 3.52. The SMILES string of the molecule is C[Si](C)(OCCF)OCCF. The van der Waals surface area contributed by atoms with Gasteiger partial charge in [-0.05, 0) is 13.1 Å².